The van der Waals surface area contributed by atoms with Crippen molar-refractivity contribution in [1.82, 2.24) is 9.78 Å². The van der Waals surface area contributed by atoms with Crippen molar-refractivity contribution in [2.45, 2.75) is 26.2 Å². The van der Waals surface area contributed by atoms with Gasteiger partial charge in [-0.05, 0) is 56.2 Å². The van der Waals surface area contributed by atoms with Gasteiger partial charge < -0.3 is 10.6 Å². The minimum Gasteiger partial charge on any atom is -0.366 e. The number of primary amides is 1. The second-order valence-corrected chi connectivity index (χ2v) is 8.40. The third-order valence-electron chi connectivity index (χ3n) is 6.22. The van der Waals surface area contributed by atoms with Crippen molar-refractivity contribution >= 4 is 28.4 Å². The molecule has 34 heavy (non-hydrogen) atoms. The zero-order valence-corrected chi connectivity index (χ0v) is 18.5. The lowest BCUT2D eigenvalue weighted by Gasteiger charge is -2.27. The lowest BCUT2D eigenvalue weighted by molar-refractivity contribution is -0.119. The average Bonchev–Trinajstić information content (AvgIpc) is 3.17. The van der Waals surface area contributed by atoms with Crippen molar-refractivity contribution in [1.29, 1.82) is 0 Å². The molecule has 0 unspecified atom stereocenters. The summed E-state index contributed by atoms with van der Waals surface area (Å²) in [4.78, 5) is 25.4. The van der Waals surface area contributed by atoms with Gasteiger partial charge in [0.15, 0.2) is 5.82 Å². The number of aryl methyl sites for hydroxylation is 1. The molecule has 0 atom stereocenters. The van der Waals surface area contributed by atoms with E-state index >= 15 is 8.78 Å². The molecule has 2 N–H and O–H groups in total. The summed E-state index contributed by atoms with van der Waals surface area (Å²) < 4.78 is 32.5. The fourth-order valence-corrected chi connectivity index (χ4v) is 4.47. The summed E-state index contributed by atoms with van der Waals surface area (Å²) in [6, 6.07) is 14.1. The Morgan fingerprint density at radius 1 is 1.00 bits per heavy atom. The Kier molecular flexibility index (Phi) is 5.36. The highest BCUT2D eigenvalue weighted by molar-refractivity contribution is 5.95. The lowest BCUT2D eigenvalue weighted by atomic mass is 10.0. The zero-order chi connectivity index (χ0) is 24.0. The average molecular weight is 460 g/mol. The number of benzene rings is 3. The summed E-state index contributed by atoms with van der Waals surface area (Å²) in [7, 11) is 0. The van der Waals surface area contributed by atoms with Gasteiger partial charge in [0.25, 0.3) is 0 Å². The number of hydrogen-bond acceptors (Lipinski definition) is 3. The van der Waals surface area contributed by atoms with E-state index in [1.165, 1.54) is 28.9 Å². The monoisotopic (exact) mass is 460 g/mol. The Labute approximate surface area is 194 Å². The van der Waals surface area contributed by atoms with Gasteiger partial charge in [-0.3, -0.25) is 9.59 Å². The van der Waals surface area contributed by atoms with Crippen molar-refractivity contribution in [2.24, 2.45) is 5.73 Å². The molecule has 1 aliphatic heterocycles. The largest absolute Gasteiger partial charge is 0.366 e. The zero-order valence-electron chi connectivity index (χ0n) is 18.5. The van der Waals surface area contributed by atoms with Crippen molar-refractivity contribution in [3.63, 3.8) is 0 Å². The van der Waals surface area contributed by atoms with E-state index in [0.717, 1.165) is 12.8 Å². The number of amides is 2. The van der Waals surface area contributed by atoms with Crippen molar-refractivity contribution < 1.29 is 18.4 Å². The highest BCUT2D eigenvalue weighted by atomic mass is 19.1. The van der Waals surface area contributed by atoms with Crippen LogP contribution in [0.3, 0.4) is 0 Å². The van der Waals surface area contributed by atoms with Gasteiger partial charge in [0.2, 0.25) is 11.8 Å². The molecule has 0 bridgehead atoms. The van der Waals surface area contributed by atoms with Crippen LogP contribution in [0, 0.1) is 18.6 Å². The van der Waals surface area contributed by atoms with Crippen LogP contribution in [0.4, 0.5) is 14.5 Å². The summed E-state index contributed by atoms with van der Waals surface area (Å²) in [5.74, 6) is -1.90. The van der Waals surface area contributed by atoms with Gasteiger partial charge in [0.1, 0.15) is 11.3 Å². The van der Waals surface area contributed by atoms with Gasteiger partial charge in [-0.1, -0.05) is 18.2 Å². The summed E-state index contributed by atoms with van der Waals surface area (Å²) in [5, 5.41) is 5.02. The number of aromatic nitrogens is 2. The Hall–Kier alpha value is -4.07. The molecule has 1 fully saturated rings. The predicted octanol–water partition coefficient (Wildman–Crippen LogP) is 4.89. The number of halogens is 2. The number of carbonyl (C=O) groups is 2. The topological polar surface area (TPSA) is 81.2 Å². The van der Waals surface area contributed by atoms with Crippen LogP contribution in [-0.4, -0.2) is 28.1 Å². The van der Waals surface area contributed by atoms with Gasteiger partial charge in [-0.15, -0.1) is 0 Å². The van der Waals surface area contributed by atoms with E-state index in [-0.39, 0.29) is 28.1 Å². The summed E-state index contributed by atoms with van der Waals surface area (Å²) >= 11 is 0. The second-order valence-electron chi connectivity index (χ2n) is 8.40. The molecule has 2 amide bonds. The number of rotatable bonds is 4. The Bertz CT molecular complexity index is 1460. The number of carbonyl (C=O) groups excluding carboxylic acids is 2. The molecule has 2 heterocycles. The molecule has 6 nitrogen and oxygen atoms in total. The third-order valence-corrected chi connectivity index (χ3v) is 6.22. The van der Waals surface area contributed by atoms with Crippen LogP contribution >= 0.6 is 0 Å². The van der Waals surface area contributed by atoms with Crippen LogP contribution < -0.4 is 10.6 Å². The Morgan fingerprint density at radius 2 is 1.79 bits per heavy atom. The number of hydrogen-bond donors (Lipinski definition) is 1. The maximum atomic E-state index is 15.9. The van der Waals surface area contributed by atoms with E-state index in [0.29, 0.717) is 35.4 Å². The lowest BCUT2D eigenvalue weighted by Crippen LogP contribution is -2.35. The minimum atomic E-state index is -0.636. The highest BCUT2D eigenvalue weighted by Gasteiger charge is 2.23. The number of nitrogens with two attached hydrogens (primary N) is 1. The SMILES string of the molecule is Cc1nn(-c2cccc(C(N)=O)c2)c2c(F)c(-c3ccc(N4CCCCC4=O)cc3F)ccc12. The first-order valence-electron chi connectivity index (χ1n) is 11.0. The fraction of sp³-hybridized carbons (Fsp3) is 0.192. The molecule has 1 aromatic heterocycles. The maximum Gasteiger partial charge on any atom is 0.248 e. The highest BCUT2D eigenvalue weighted by Crippen LogP contribution is 2.35. The third kappa shape index (κ3) is 3.61. The van der Waals surface area contributed by atoms with E-state index in [1.54, 1.807) is 42.2 Å². The number of anilines is 1. The Morgan fingerprint density at radius 3 is 2.53 bits per heavy atom. The molecule has 1 aliphatic rings. The molecule has 3 aromatic carbocycles. The van der Waals surface area contributed by atoms with Gasteiger partial charge in [-0.2, -0.15) is 5.10 Å². The second kappa shape index (κ2) is 8.37. The minimum absolute atomic E-state index is 0.0384. The first-order chi connectivity index (χ1) is 16.3. The first kappa shape index (κ1) is 21.8. The van der Waals surface area contributed by atoms with E-state index < -0.39 is 17.5 Å². The number of piperidine rings is 1. The van der Waals surface area contributed by atoms with Gasteiger partial charge in [-0.25, -0.2) is 13.5 Å². The van der Waals surface area contributed by atoms with Crippen LogP contribution in [0.25, 0.3) is 27.7 Å². The Balaban J connectivity index is 1.63. The van der Waals surface area contributed by atoms with Crippen LogP contribution in [-0.2, 0) is 4.79 Å². The van der Waals surface area contributed by atoms with Crippen molar-refractivity contribution in [3.05, 3.63) is 77.5 Å². The molecule has 5 rings (SSSR count). The maximum absolute atomic E-state index is 15.9. The van der Waals surface area contributed by atoms with Gasteiger partial charge >= 0.3 is 0 Å². The molecule has 8 heteroatoms. The standard InChI is InChI=1S/C26H22F2N4O2/c1-15-19-10-11-21(20-9-8-17(14-22(20)27)31-12-3-2-7-23(31)33)24(28)25(19)32(30-15)18-6-4-5-16(13-18)26(29)34/h4-6,8-11,13-14H,2-3,7,12H2,1H3,(H2,29,34). The number of fused-ring (bicyclic) bond motifs is 1. The molecule has 172 valence electrons. The molecule has 1 saturated heterocycles. The smallest absolute Gasteiger partial charge is 0.248 e. The summed E-state index contributed by atoms with van der Waals surface area (Å²) in [6.07, 6.45) is 2.13. The van der Waals surface area contributed by atoms with E-state index in [9.17, 15) is 9.59 Å². The number of nitrogens with zero attached hydrogens (tertiary/aromatic N) is 3. The van der Waals surface area contributed by atoms with Gasteiger partial charge in [0, 0.05) is 40.7 Å². The molecule has 0 aliphatic carbocycles. The van der Waals surface area contributed by atoms with Crippen molar-refractivity contribution in [2.75, 3.05) is 11.4 Å². The molecule has 0 radical (unpaired) electrons. The van der Waals surface area contributed by atoms with E-state index in [1.807, 2.05) is 0 Å². The molecule has 0 saturated carbocycles. The van der Waals surface area contributed by atoms with Crippen molar-refractivity contribution in [3.8, 4) is 16.8 Å². The molecular weight excluding hydrogens is 438 g/mol. The van der Waals surface area contributed by atoms with E-state index in [4.69, 9.17) is 5.73 Å². The fourth-order valence-electron chi connectivity index (χ4n) is 4.47. The van der Waals surface area contributed by atoms with E-state index in [2.05, 4.69) is 5.10 Å². The van der Waals surface area contributed by atoms with Crippen LogP contribution in [0.1, 0.15) is 35.3 Å². The summed E-state index contributed by atoms with van der Waals surface area (Å²) in [6.45, 7) is 2.29. The molecule has 4 aromatic rings. The predicted molar refractivity (Wildman–Crippen MR) is 126 cm³/mol. The quantitative estimate of drug-likeness (QED) is 0.471. The molecule has 0 spiro atoms. The first-order valence-corrected chi connectivity index (χ1v) is 11.0. The van der Waals surface area contributed by atoms with Crippen LogP contribution in [0.2, 0.25) is 0 Å². The van der Waals surface area contributed by atoms with Crippen LogP contribution in [0.5, 0.6) is 0 Å². The normalized spacial score (nSPS) is 14.1. The molecular formula is C26H22F2N4O2. The van der Waals surface area contributed by atoms with Crippen LogP contribution in [0.15, 0.2) is 54.6 Å². The summed E-state index contributed by atoms with van der Waals surface area (Å²) in [5.41, 5.74) is 7.52. The van der Waals surface area contributed by atoms with Gasteiger partial charge in [0.05, 0.1) is 11.4 Å².